The van der Waals surface area contributed by atoms with Gasteiger partial charge >= 0.3 is 0 Å². The molecule has 0 radical (unpaired) electrons. The van der Waals surface area contributed by atoms with Gasteiger partial charge < -0.3 is 9.55 Å². The van der Waals surface area contributed by atoms with Crippen LogP contribution >= 0.6 is 23.6 Å². The monoisotopic (exact) mass is 238 g/mol. The van der Waals surface area contributed by atoms with E-state index in [1.54, 1.807) is 11.3 Å². The molecule has 0 aliphatic heterocycles. The van der Waals surface area contributed by atoms with Crippen LogP contribution in [0.4, 0.5) is 0 Å². The molecule has 0 aromatic carbocycles. The summed E-state index contributed by atoms with van der Waals surface area (Å²) in [5.41, 5.74) is 2.55. The van der Waals surface area contributed by atoms with Crippen molar-refractivity contribution in [1.82, 2.24) is 9.55 Å². The SMILES string of the molecule is CCc1ccsc1Cn1cc(C)[nH]c1=S. The van der Waals surface area contributed by atoms with Crippen LogP contribution in [-0.2, 0) is 13.0 Å². The van der Waals surface area contributed by atoms with Crippen molar-refractivity contribution >= 4 is 23.6 Å². The summed E-state index contributed by atoms with van der Waals surface area (Å²) in [7, 11) is 0. The number of nitrogens with zero attached hydrogens (tertiary/aromatic N) is 1. The van der Waals surface area contributed by atoms with Gasteiger partial charge in [0.25, 0.3) is 0 Å². The maximum absolute atomic E-state index is 5.24. The highest BCUT2D eigenvalue weighted by atomic mass is 32.1. The lowest BCUT2D eigenvalue weighted by atomic mass is 10.2. The van der Waals surface area contributed by atoms with Crippen LogP contribution in [0.1, 0.15) is 23.1 Å². The summed E-state index contributed by atoms with van der Waals surface area (Å²) in [5.74, 6) is 0. The normalized spacial score (nSPS) is 10.8. The molecule has 2 aromatic rings. The molecular formula is C11H14N2S2. The third kappa shape index (κ3) is 2.21. The molecule has 0 bridgehead atoms. The molecule has 2 aromatic heterocycles. The Bertz CT molecular complexity index is 505. The number of H-pyrrole nitrogens is 1. The highest BCUT2D eigenvalue weighted by Crippen LogP contribution is 2.19. The van der Waals surface area contributed by atoms with Crippen LogP contribution in [0.15, 0.2) is 17.6 Å². The highest BCUT2D eigenvalue weighted by Gasteiger charge is 2.04. The van der Waals surface area contributed by atoms with E-state index in [0.29, 0.717) is 0 Å². The minimum absolute atomic E-state index is 0.808. The van der Waals surface area contributed by atoms with Gasteiger partial charge in [-0.2, -0.15) is 0 Å². The fraction of sp³-hybridized carbons (Fsp3) is 0.364. The summed E-state index contributed by atoms with van der Waals surface area (Å²) >= 11 is 7.04. The van der Waals surface area contributed by atoms with E-state index in [1.165, 1.54) is 10.4 Å². The number of nitrogens with one attached hydrogen (secondary N) is 1. The molecule has 80 valence electrons. The first-order chi connectivity index (χ1) is 7.20. The molecule has 1 N–H and O–H groups in total. The van der Waals surface area contributed by atoms with Crippen molar-refractivity contribution in [1.29, 1.82) is 0 Å². The number of hydrogen-bond donors (Lipinski definition) is 1. The first-order valence-corrected chi connectivity index (χ1v) is 6.30. The van der Waals surface area contributed by atoms with Crippen molar-refractivity contribution in [2.24, 2.45) is 0 Å². The number of aryl methyl sites for hydroxylation is 2. The average Bonchev–Trinajstić information content (AvgIpc) is 2.74. The van der Waals surface area contributed by atoms with Crippen LogP contribution in [0, 0.1) is 11.7 Å². The average molecular weight is 238 g/mol. The molecule has 0 amide bonds. The van der Waals surface area contributed by atoms with E-state index in [9.17, 15) is 0 Å². The topological polar surface area (TPSA) is 20.7 Å². The van der Waals surface area contributed by atoms with Gasteiger partial charge in [0.15, 0.2) is 4.77 Å². The molecular weight excluding hydrogens is 224 g/mol. The molecule has 2 rings (SSSR count). The predicted molar refractivity (Wildman–Crippen MR) is 67.2 cm³/mol. The zero-order valence-electron chi connectivity index (χ0n) is 8.91. The quantitative estimate of drug-likeness (QED) is 0.811. The number of thiophene rings is 1. The molecule has 2 nitrogen and oxygen atoms in total. The minimum atomic E-state index is 0.808. The van der Waals surface area contributed by atoms with Crippen molar-refractivity contribution < 1.29 is 0 Å². The van der Waals surface area contributed by atoms with Crippen LogP contribution in [0.25, 0.3) is 0 Å². The Kier molecular flexibility index (Phi) is 3.07. The Balaban J connectivity index is 2.29. The molecule has 4 heteroatoms. The summed E-state index contributed by atoms with van der Waals surface area (Å²) in [6.45, 7) is 5.11. The Morgan fingerprint density at radius 3 is 2.93 bits per heavy atom. The number of aromatic amines is 1. The summed E-state index contributed by atoms with van der Waals surface area (Å²) in [6.07, 6.45) is 3.16. The zero-order valence-corrected chi connectivity index (χ0v) is 10.5. The zero-order chi connectivity index (χ0) is 10.8. The van der Waals surface area contributed by atoms with Crippen molar-refractivity contribution in [3.05, 3.63) is 38.5 Å². The lowest BCUT2D eigenvalue weighted by Crippen LogP contribution is -1.98. The maximum atomic E-state index is 5.24. The standard InChI is InChI=1S/C11H14N2S2/c1-3-9-4-5-15-10(9)7-13-6-8(2)12-11(13)14/h4-6H,3,7H2,1-2H3,(H,12,14). The Morgan fingerprint density at radius 1 is 1.53 bits per heavy atom. The van der Waals surface area contributed by atoms with Gasteiger partial charge in [-0.3, -0.25) is 0 Å². The molecule has 0 unspecified atom stereocenters. The second-order valence-electron chi connectivity index (χ2n) is 3.59. The van der Waals surface area contributed by atoms with E-state index < -0.39 is 0 Å². The van der Waals surface area contributed by atoms with Crippen LogP contribution in [0.2, 0.25) is 0 Å². The van der Waals surface area contributed by atoms with Gasteiger partial charge in [0, 0.05) is 16.8 Å². The second kappa shape index (κ2) is 4.33. The predicted octanol–water partition coefficient (Wildman–Crippen LogP) is 3.53. The van der Waals surface area contributed by atoms with Crippen LogP contribution in [0.3, 0.4) is 0 Å². The van der Waals surface area contributed by atoms with Gasteiger partial charge in [-0.15, -0.1) is 11.3 Å². The molecule has 0 saturated heterocycles. The smallest absolute Gasteiger partial charge is 0.177 e. The highest BCUT2D eigenvalue weighted by molar-refractivity contribution is 7.71. The number of imidazole rings is 1. The summed E-state index contributed by atoms with van der Waals surface area (Å²) in [4.78, 5) is 4.55. The van der Waals surface area contributed by atoms with Gasteiger partial charge in [0.05, 0.1) is 6.54 Å². The maximum Gasteiger partial charge on any atom is 0.177 e. The number of aromatic nitrogens is 2. The van der Waals surface area contributed by atoms with Crippen LogP contribution in [0.5, 0.6) is 0 Å². The van der Waals surface area contributed by atoms with E-state index in [0.717, 1.165) is 23.4 Å². The van der Waals surface area contributed by atoms with E-state index in [4.69, 9.17) is 12.2 Å². The van der Waals surface area contributed by atoms with E-state index in [-0.39, 0.29) is 0 Å². The minimum Gasteiger partial charge on any atom is -0.335 e. The first kappa shape index (κ1) is 10.6. The summed E-state index contributed by atoms with van der Waals surface area (Å²) in [5, 5.41) is 2.15. The fourth-order valence-corrected chi connectivity index (χ4v) is 2.91. The van der Waals surface area contributed by atoms with Gasteiger partial charge in [-0.25, -0.2) is 0 Å². The van der Waals surface area contributed by atoms with E-state index >= 15 is 0 Å². The Hall–Kier alpha value is -0.870. The van der Waals surface area contributed by atoms with Crippen LogP contribution < -0.4 is 0 Å². The largest absolute Gasteiger partial charge is 0.335 e. The van der Waals surface area contributed by atoms with Crippen molar-refractivity contribution in [2.45, 2.75) is 26.8 Å². The molecule has 2 heterocycles. The molecule has 0 fully saturated rings. The lowest BCUT2D eigenvalue weighted by Gasteiger charge is -2.02. The Labute approximate surface area is 98.6 Å². The second-order valence-corrected chi connectivity index (χ2v) is 4.98. The lowest BCUT2D eigenvalue weighted by molar-refractivity contribution is 0.787. The molecule has 0 aliphatic carbocycles. The third-order valence-electron chi connectivity index (χ3n) is 2.45. The van der Waals surface area contributed by atoms with Crippen LogP contribution in [-0.4, -0.2) is 9.55 Å². The molecule has 0 spiro atoms. The van der Waals surface area contributed by atoms with Gasteiger partial charge in [0.2, 0.25) is 0 Å². The third-order valence-corrected chi connectivity index (χ3v) is 3.73. The molecule has 0 saturated carbocycles. The summed E-state index contributed by atoms with van der Waals surface area (Å²) in [6, 6.07) is 2.20. The Morgan fingerprint density at radius 2 is 2.33 bits per heavy atom. The number of rotatable bonds is 3. The van der Waals surface area contributed by atoms with E-state index in [2.05, 4.69) is 34.1 Å². The van der Waals surface area contributed by atoms with Gasteiger partial charge in [0.1, 0.15) is 0 Å². The number of hydrogen-bond acceptors (Lipinski definition) is 2. The van der Waals surface area contributed by atoms with Gasteiger partial charge in [-0.1, -0.05) is 6.92 Å². The molecule has 0 aliphatic rings. The van der Waals surface area contributed by atoms with Crippen molar-refractivity contribution in [3.63, 3.8) is 0 Å². The molecule has 0 atom stereocenters. The summed E-state index contributed by atoms with van der Waals surface area (Å²) < 4.78 is 2.90. The first-order valence-electron chi connectivity index (χ1n) is 5.02. The molecule has 15 heavy (non-hydrogen) atoms. The van der Waals surface area contributed by atoms with Gasteiger partial charge in [-0.05, 0) is 42.6 Å². The van der Waals surface area contributed by atoms with Crippen molar-refractivity contribution in [3.8, 4) is 0 Å². The fourth-order valence-electron chi connectivity index (χ4n) is 1.66. The van der Waals surface area contributed by atoms with Crippen molar-refractivity contribution in [2.75, 3.05) is 0 Å². The van der Waals surface area contributed by atoms with E-state index in [1.807, 2.05) is 6.92 Å².